The van der Waals surface area contributed by atoms with Crippen molar-refractivity contribution in [2.45, 2.75) is 32.5 Å². The minimum absolute atomic E-state index is 0.0123. The summed E-state index contributed by atoms with van der Waals surface area (Å²) in [5, 5.41) is 4.58. The van der Waals surface area contributed by atoms with Gasteiger partial charge in [0.2, 0.25) is 11.9 Å². The number of aromatic nitrogens is 2. The summed E-state index contributed by atoms with van der Waals surface area (Å²) < 4.78 is 38.8. The Balaban J connectivity index is 1.71. The maximum atomic E-state index is 12.9. The van der Waals surface area contributed by atoms with Gasteiger partial charge in [-0.25, -0.2) is 9.97 Å². The monoisotopic (exact) mass is 412 g/mol. The maximum Gasteiger partial charge on any atom is 0.417 e. The first-order valence-corrected chi connectivity index (χ1v) is 8.82. The first-order chi connectivity index (χ1) is 13.1. The third-order valence-corrected chi connectivity index (χ3v) is 4.54. The van der Waals surface area contributed by atoms with E-state index in [4.69, 9.17) is 11.6 Å². The van der Waals surface area contributed by atoms with Crippen LogP contribution in [0.1, 0.15) is 40.2 Å². The predicted octanol–water partition coefficient (Wildman–Crippen LogP) is 3.74. The van der Waals surface area contributed by atoms with Gasteiger partial charge in [0.05, 0.1) is 10.6 Å². The van der Waals surface area contributed by atoms with Crippen LogP contribution in [0.5, 0.6) is 0 Å². The van der Waals surface area contributed by atoms with E-state index in [1.807, 2.05) is 0 Å². The number of halogens is 4. The van der Waals surface area contributed by atoms with Crippen molar-refractivity contribution in [3.63, 3.8) is 0 Å². The van der Waals surface area contributed by atoms with Crippen LogP contribution in [0.15, 0.2) is 24.3 Å². The Bertz CT molecular complexity index is 930. The van der Waals surface area contributed by atoms with Crippen LogP contribution in [-0.2, 0) is 17.5 Å². The Morgan fingerprint density at radius 1 is 1.25 bits per heavy atom. The minimum atomic E-state index is -4.59. The van der Waals surface area contributed by atoms with E-state index in [0.717, 1.165) is 18.9 Å². The minimum Gasteiger partial charge on any atom is -0.347 e. The van der Waals surface area contributed by atoms with Gasteiger partial charge in [-0.1, -0.05) is 23.7 Å². The summed E-state index contributed by atoms with van der Waals surface area (Å²) in [5.74, 6) is -0.864. The summed E-state index contributed by atoms with van der Waals surface area (Å²) >= 11 is 5.82. The largest absolute Gasteiger partial charge is 0.417 e. The SMILES string of the molecule is Cc1cc(C(=O)NCc2cccc(C(F)(F)F)c2Cl)nc(NC(=O)C2CC2)n1. The molecule has 0 spiro atoms. The number of hydrogen-bond donors (Lipinski definition) is 2. The number of aryl methyl sites for hydroxylation is 1. The lowest BCUT2D eigenvalue weighted by atomic mass is 10.1. The second-order valence-electron chi connectivity index (χ2n) is 6.44. The zero-order valence-electron chi connectivity index (χ0n) is 14.7. The van der Waals surface area contributed by atoms with Gasteiger partial charge in [0.15, 0.2) is 0 Å². The number of nitrogens with one attached hydrogen (secondary N) is 2. The van der Waals surface area contributed by atoms with Gasteiger partial charge in [-0.15, -0.1) is 0 Å². The van der Waals surface area contributed by atoms with Crippen LogP contribution in [0.25, 0.3) is 0 Å². The van der Waals surface area contributed by atoms with Crippen molar-refractivity contribution in [3.05, 3.63) is 51.8 Å². The summed E-state index contributed by atoms with van der Waals surface area (Å²) in [7, 11) is 0. The van der Waals surface area contributed by atoms with Gasteiger partial charge in [-0.05, 0) is 37.5 Å². The molecule has 1 fully saturated rings. The number of nitrogens with zero attached hydrogens (tertiary/aromatic N) is 2. The summed E-state index contributed by atoms with van der Waals surface area (Å²) in [5.41, 5.74) is -0.396. The molecule has 148 valence electrons. The molecule has 1 aliphatic carbocycles. The van der Waals surface area contributed by atoms with Crippen molar-refractivity contribution >= 4 is 29.4 Å². The van der Waals surface area contributed by atoms with Gasteiger partial charge in [0.1, 0.15) is 5.69 Å². The fourth-order valence-electron chi connectivity index (χ4n) is 2.50. The van der Waals surface area contributed by atoms with E-state index in [9.17, 15) is 22.8 Å². The highest BCUT2D eigenvalue weighted by molar-refractivity contribution is 6.32. The second kappa shape index (κ2) is 7.75. The molecule has 0 unspecified atom stereocenters. The second-order valence-corrected chi connectivity index (χ2v) is 6.82. The summed E-state index contributed by atoms with van der Waals surface area (Å²) in [6.07, 6.45) is -2.97. The molecule has 1 saturated carbocycles. The molecule has 0 aliphatic heterocycles. The highest BCUT2D eigenvalue weighted by Crippen LogP contribution is 2.36. The first kappa shape index (κ1) is 20.1. The van der Waals surface area contributed by atoms with E-state index in [1.165, 1.54) is 18.2 Å². The van der Waals surface area contributed by atoms with Gasteiger partial charge < -0.3 is 5.32 Å². The molecule has 2 amide bonds. The molecule has 1 aromatic carbocycles. The molecule has 3 rings (SSSR count). The Kier molecular flexibility index (Phi) is 5.55. The van der Waals surface area contributed by atoms with E-state index >= 15 is 0 Å². The summed E-state index contributed by atoms with van der Waals surface area (Å²) in [6.45, 7) is 1.42. The van der Waals surface area contributed by atoms with Gasteiger partial charge in [0.25, 0.3) is 5.91 Å². The number of carbonyl (C=O) groups is 2. The van der Waals surface area contributed by atoms with Crippen LogP contribution < -0.4 is 10.6 Å². The van der Waals surface area contributed by atoms with Crippen LogP contribution in [0.2, 0.25) is 5.02 Å². The summed E-state index contributed by atoms with van der Waals surface area (Å²) in [4.78, 5) is 32.3. The van der Waals surface area contributed by atoms with E-state index in [-0.39, 0.29) is 35.6 Å². The van der Waals surface area contributed by atoms with Gasteiger partial charge in [-0.2, -0.15) is 13.2 Å². The van der Waals surface area contributed by atoms with Gasteiger partial charge in [-0.3, -0.25) is 14.9 Å². The van der Waals surface area contributed by atoms with Gasteiger partial charge in [0, 0.05) is 18.2 Å². The quantitative estimate of drug-likeness (QED) is 0.783. The number of hydrogen-bond acceptors (Lipinski definition) is 4. The average Bonchev–Trinajstić information content (AvgIpc) is 3.44. The highest BCUT2D eigenvalue weighted by atomic mass is 35.5. The molecule has 1 heterocycles. The molecular formula is C18H16ClF3N4O2. The molecule has 2 aromatic rings. The van der Waals surface area contributed by atoms with E-state index in [0.29, 0.717) is 5.69 Å². The molecule has 1 aromatic heterocycles. The molecule has 28 heavy (non-hydrogen) atoms. The topological polar surface area (TPSA) is 84.0 Å². The van der Waals surface area contributed by atoms with Crippen LogP contribution in [0, 0.1) is 12.8 Å². The van der Waals surface area contributed by atoms with Crippen molar-refractivity contribution in [1.82, 2.24) is 15.3 Å². The molecule has 0 bridgehead atoms. The van der Waals surface area contributed by atoms with Crippen LogP contribution >= 0.6 is 11.6 Å². The van der Waals surface area contributed by atoms with Crippen molar-refractivity contribution in [2.75, 3.05) is 5.32 Å². The standard InChI is InChI=1S/C18H16ClF3N4O2/c1-9-7-13(25-17(24-9)26-15(27)10-5-6-10)16(28)23-8-11-3-2-4-12(14(11)19)18(20,21)22/h2-4,7,10H,5-6,8H2,1H3,(H,23,28)(H,24,25,26,27). The predicted molar refractivity (Wildman–Crippen MR) is 95.7 cm³/mol. The zero-order chi connectivity index (χ0) is 20.5. The Morgan fingerprint density at radius 2 is 1.96 bits per heavy atom. The Morgan fingerprint density at radius 3 is 2.61 bits per heavy atom. The third-order valence-electron chi connectivity index (χ3n) is 4.09. The van der Waals surface area contributed by atoms with E-state index in [1.54, 1.807) is 6.92 Å². The number of anilines is 1. The number of alkyl halides is 3. The van der Waals surface area contributed by atoms with Crippen molar-refractivity contribution in [3.8, 4) is 0 Å². The number of rotatable bonds is 5. The molecule has 10 heteroatoms. The number of carbonyl (C=O) groups excluding carboxylic acids is 2. The molecular weight excluding hydrogens is 397 g/mol. The maximum absolute atomic E-state index is 12.9. The Labute approximate surface area is 163 Å². The first-order valence-electron chi connectivity index (χ1n) is 8.44. The number of amides is 2. The average molecular weight is 413 g/mol. The molecule has 1 aliphatic rings. The summed E-state index contributed by atoms with van der Waals surface area (Å²) in [6, 6.07) is 4.90. The zero-order valence-corrected chi connectivity index (χ0v) is 15.5. The fraction of sp³-hybridized carbons (Fsp3) is 0.333. The van der Waals surface area contributed by atoms with E-state index in [2.05, 4.69) is 20.6 Å². The van der Waals surface area contributed by atoms with E-state index < -0.39 is 22.7 Å². The molecule has 6 nitrogen and oxygen atoms in total. The third kappa shape index (κ3) is 4.78. The molecule has 0 saturated heterocycles. The number of benzene rings is 1. The lowest BCUT2D eigenvalue weighted by Gasteiger charge is -2.13. The normalized spacial score (nSPS) is 13.9. The van der Waals surface area contributed by atoms with Crippen molar-refractivity contribution in [2.24, 2.45) is 5.92 Å². The van der Waals surface area contributed by atoms with Crippen LogP contribution in [0.4, 0.5) is 19.1 Å². The molecule has 2 N–H and O–H groups in total. The van der Waals surface area contributed by atoms with Crippen LogP contribution in [-0.4, -0.2) is 21.8 Å². The van der Waals surface area contributed by atoms with Crippen LogP contribution in [0.3, 0.4) is 0 Å². The van der Waals surface area contributed by atoms with Crippen molar-refractivity contribution < 1.29 is 22.8 Å². The lowest BCUT2D eigenvalue weighted by Crippen LogP contribution is -2.25. The molecule has 0 atom stereocenters. The smallest absolute Gasteiger partial charge is 0.347 e. The van der Waals surface area contributed by atoms with Crippen molar-refractivity contribution in [1.29, 1.82) is 0 Å². The Hall–Kier alpha value is -2.68. The van der Waals surface area contributed by atoms with Gasteiger partial charge >= 0.3 is 6.18 Å². The molecule has 0 radical (unpaired) electrons. The lowest BCUT2D eigenvalue weighted by molar-refractivity contribution is -0.137. The fourth-order valence-corrected chi connectivity index (χ4v) is 2.80. The highest BCUT2D eigenvalue weighted by Gasteiger charge is 2.34.